The predicted molar refractivity (Wildman–Crippen MR) is 94.0 cm³/mol. The molecule has 0 amide bonds. The monoisotopic (exact) mass is 352 g/mol. The molecule has 8 heteroatoms. The van der Waals surface area contributed by atoms with Crippen LogP contribution in [-0.2, 0) is 23.0 Å². The van der Waals surface area contributed by atoms with Crippen molar-refractivity contribution in [2.45, 2.75) is 17.9 Å². The van der Waals surface area contributed by atoms with Crippen molar-refractivity contribution in [1.29, 1.82) is 0 Å². The van der Waals surface area contributed by atoms with Crippen molar-refractivity contribution in [2.24, 2.45) is 10.7 Å². The predicted octanol–water partition coefficient (Wildman–Crippen LogP) is 1.30. The van der Waals surface area contributed by atoms with Gasteiger partial charge in [0.05, 0.1) is 11.4 Å². The molecular weight excluding hydrogens is 332 g/mol. The smallest absolute Gasteiger partial charge is 0.240 e. The Balaban J connectivity index is 1.84. The molecule has 0 radical (unpaired) electrons. The molecule has 23 heavy (non-hydrogen) atoms. The minimum absolute atomic E-state index is 0.231. The molecule has 1 aromatic carbocycles. The second-order valence-corrected chi connectivity index (χ2v) is 7.73. The van der Waals surface area contributed by atoms with Gasteiger partial charge in [-0.3, -0.25) is 0 Å². The Morgan fingerprint density at radius 1 is 1.26 bits per heavy atom. The van der Waals surface area contributed by atoms with Gasteiger partial charge in [-0.05, 0) is 42.6 Å². The zero-order valence-corrected chi connectivity index (χ0v) is 14.5. The maximum atomic E-state index is 11.6. The van der Waals surface area contributed by atoms with Crippen LogP contribution < -0.4 is 15.8 Å². The Morgan fingerprint density at radius 3 is 2.61 bits per heavy atom. The van der Waals surface area contributed by atoms with Crippen LogP contribution in [0.4, 0.5) is 0 Å². The highest BCUT2D eigenvalue weighted by molar-refractivity contribution is 7.89. The minimum atomic E-state index is -3.40. The number of guanidine groups is 1. The Hall–Kier alpha value is -1.90. The van der Waals surface area contributed by atoms with Gasteiger partial charge < -0.3 is 11.1 Å². The van der Waals surface area contributed by atoms with E-state index < -0.39 is 10.0 Å². The molecule has 0 unspecified atom stereocenters. The van der Waals surface area contributed by atoms with Crippen LogP contribution >= 0.6 is 11.3 Å². The standard InChI is InChI=1S/C15H20N4O2S2/c1-17-23(20,21)14-6-4-12(5-7-14)11-19-15(16)18-9-8-13-3-2-10-22-13/h2-7,10,17H,8-9,11H2,1H3,(H3,16,18,19). The lowest BCUT2D eigenvalue weighted by molar-refractivity contribution is 0.588. The first kappa shape index (κ1) is 17.5. The number of nitrogens with zero attached hydrogens (tertiary/aromatic N) is 1. The van der Waals surface area contributed by atoms with Crippen molar-refractivity contribution in [2.75, 3.05) is 13.6 Å². The molecule has 0 saturated carbocycles. The first-order valence-electron chi connectivity index (χ1n) is 7.10. The third kappa shape index (κ3) is 5.34. The van der Waals surface area contributed by atoms with Gasteiger partial charge in [0, 0.05) is 11.4 Å². The number of thiophene rings is 1. The van der Waals surface area contributed by atoms with E-state index in [4.69, 9.17) is 5.73 Å². The molecule has 124 valence electrons. The SMILES string of the molecule is CNS(=O)(=O)c1ccc(CN=C(N)NCCc2cccs2)cc1. The second kappa shape index (κ2) is 8.09. The molecule has 0 saturated heterocycles. The third-order valence-electron chi connectivity index (χ3n) is 3.19. The van der Waals surface area contributed by atoms with Gasteiger partial charge in [-0.15, -0.1) is 11.3 Å². The molecule has 2 rings (SSSR count). The van der Waals surface area contributed by atoms with Gasteiger partial charge >= 0.3 is 0 Å². The van der Waals surface area contributed by atoms with Crippen LogP contribution in [-0.4, -0.2) is 28.0 Å². The van der Waals surface area contributed by atoms with Gasteiger partial charge in [0.1, 0.15) is 0 Å². The molecule has 6 nitrogen and oxygen atoms in total. The topological polar surface area (TPSA) is 96.6 Å². The zero-order chi connectivity index (χ0) is 16.7. The maximum Gasteiger partial charge on any atom is 0.240 e. The van der Waals surface area contributed by atoms with E-state index in [0.717, 1.165) is 18.5 Å². The molecule has 2 aromatic rings. The summed E-state index contributed by atoms with van der Waals surface area (Å²) in [4.78, 5) is 5.78. The minimum Gasteiger partial charge on any atom is -0.370 e. The van der Waals surface area contributed by atoms with E-state index in [2.05, 4.69) is 21.1 Å². The molecule has 0 aliphatic carbocycles. The highest BCUT2D eigenvalue weighted by Gasteiger charge is 2.10. The lowest BCUT2D eigenvalue weighted by Crippen LogP contribution is -2.33. The van der Waals surface area contributed by atoms with Gasteiger partial charge in [-0.2, -0.15) is 0 Å². The fourth-order valence-corrected chi connectivity index (χ4v) is 3.33. The summed E-state index contributed by atoms with van der Waals surface area (Å²) in [5.41, 5.74) is 6.71. The molecular formula is C15H20N4O2S2. The Morgan fingerprint density at radius 2 is 2.00 bits per heavy atom. The highest BCUT2D eigenvalue weighted by atomic mass is 32.2. The van der Waals surface area contributed by atoms with E-state index in [9.17, 15) is 8.42 Å². The summed E-state index contributed by atoms with van der Waals surface area (Å²) in [5.74, 6) is 0.383. The fraction of sp³-hybridized carbons (Fsp3) is 0.267. The van der Waals surface area contributed by atoms with Crippen LogP contribution in [0.2, 0.25) is 0 Å². The molecule has 1 aromatic heterocycles. The lowest BCUT2D eigenvalue weighted by Gasteiger charge is -2.06. The molecule has 1 heterocycles. The quantitative estimate of drug-likeness (QED) is 0.517. The highest BCUT2D eigenvalue weighted by Crippen LogP contribution is 2.11. The summed E-state index contributed by atoms with van der Waals surface area (Å²) in [5, 5.41) is 5.11. The van der Waals surface area contributed by atoms with Crippen LogP contribution in [0.3, 0.4) is 0 Å². The molecule has 0 fully saturated rings. The molecule has 0 atom stereocenters. The average molecular weight is 352 g/mol. The van der Waals surface area contributed by atoms with Gasteiger partial charge in [0.2, 0.25) is 10.0 Å². The Kier molecular flexibility index (Phi) is 6.14. The first-order chi connectivity index (χ1) is 11.0. The number of nitrogens with two attached hydrogens (primary N) is 1. The van der Waals surface area contributed by atoms with Crippen LogP contribution in [0, 0.1) is 0 Å². The van der Waals surface area contributed by atoms with Gasteiger partial charge in [-0.1, -0.05) is 18.2 Å². The number of benzene rings is 1. The summed E-state index contributed by atoms with van der Waals surface area (Å²) in [7, 11) is -2.02. The summed E-state index contributed by atoms with van der Waals surface area (Å²) in [6.07, 6.45) is 0.907. The van der Waals surface area contributed by atoms with Crippen molar-refractivity contribution in [3.63, 3.8) is 0 Å². The Labute approximate surface area is 140 Å². The van der Waals surface area contributed by atoms with Gasteiger partial charge in [0.15, 0.2) is 5.96 Å². The molecule has 0 spiro atoms. The molecule has 0 bridgehead atoms. The number of aliphatic imine (C=N–C) groups is 1. The number of hydrogen-bond donors (Lipinski definition) is 3. The van der Waals surface area contributed by atoms with Crippen LogP contribution in [0.5, 0.6) is 0 Å². The summed E-state index contributed by atoms with van der Waals surface area (Å²) in [6.45, 7) is 1.13. The lowest BCUT2D eigenvalue weighted by atomic mass is 10.2. The number of hydrogen-bond acceptors (Lipinski definition) is 4. The number of sulfonamides is 1. The number of nitrogens with one attached hydrogen (secondary N) is 2. The Bertz CT molecular complexity index is 738. The van der Waals surface area contributed by atoms with E-state index in [1.807, 2.05) is 11.4 Å². The third-order valence-corrected chi connectivity index (χ3v) is 5.56. The van der Waals surface area contributed by atoms with E-state index in [1.165, 1.54) is 11.9 Å². The maximum absolute atomic E-state index is 11.6. The van der Waals surface area contributed by atoms with Crippen molar-refractivity contribution in [3.8, 4) is 0 Å². The summed E-state index contributed by atoms with van der Waals surface area (Å²) >= 11 is 1.71. The largest absolute Gasteiger partial charge is 0.370 e. The van der Waals surface area contributed by atoms with Crippen molar-refractivity contribution in [1.82, 2.24) is 10.0 Å². The van der Waals surface area contributed by atoms with Crippen LogP contribution in [0.15, 0.2) is 51.7 Å². The van der Waals surface area contributed by atoms with E-state index in [1.54, 1.807) is 35.6 Å². The van der Waals surface area contributed by atoms with Crippen molar-refractivity contribution < 1.29 is 8.42 Å². The number of rotatable bonds is 7. The van der Waals surface area contributed by atoms with Crippen LogP contribution in [0.25, 0.3) is 0 Å². The first-order valence-corrected chi connectivity index (χ1v) is 9.46. The van der Waals surface area contributed by atoms with Gasteiger partial charge in [0.25, 0.3) is 0 Å². The van der Waals surface area contributed by atoms with Crippen LogP contribution in [0.1, 0.15) is 10.4 Å². The van der Waals surface area contributed by atoms with Gasteiger partial charge in [-0.25, -0.2) is 18.1 Å². The normalized spacial score (nSPS) is 12.3. The van der Waals surface area contributed by atoms with E-state index in [-0.39, 0.29) is 4.90 Å². The fourth-order valence-electron chi connectivity index (χ4n) is 1.89. The average Bonchev–Trinajstić information content (AvgIpc) is 3.07. The summed E-state index contributed by atoms with van der Waals surface area (Å²) < 4.78 is 25.5. The van der Waals surface area contributed by atoms with E-state index in [0.29, 0.717) is 12.5 Å². The van der Waals surface area contributed by atoms with E-state index >= 15 is 0 Å². The second-order valence-electron chi connectivity index (χ2n) is 4.81. The molecule has 0 aliphatic heterocycles. The van der Waals surface area contributed by atoms with Crippen molar-refractivity contribution >= 4 is 27.3 Å². The molecule has 4 N–H and O–H groups in total. The summed E-state index contributed by atoms with van der Waals surface area (Å²) in [6, 6.07) is 10.7. The zero-order valence-electron chi connectivity index (χ0n) is 12.8. The molecule has 0 aliphatic rings. The van der Waals surface area contributed by atoms with Crippen molar-refractivity contribution in [3.05, 3.63) is 52.2 Å².